The van der Waals surface area contributed by atoms with Crippen molar-refractivity contribution in [3.8, 4) is 0 Å². The molecule has 0 heterocycles. The van der Waals surface area contributed by atoms with Crippen LogP contribution in [0.25, 0.3) is 0 Å². The summed E-state index contributed by atoms with van der Waals surface area (Å²) >= 11 is 0. The first-order valence-corrected chi connectivity index (χ1v) is 46.9. The molecule has 26 heteroatoms. The second-order valence-corrected chi connectivity index (χ2v) is 33.0. The van der Waals surface area contributed by atoms with Crippen molar-refractivity contribution in [1.82, 2.24) is 21.3 Å². The first kappa shape index (κ1) is 106. The van der Waals surface area contributed by atoms with Gasteiger partial charge in [-0.2, -0.15) is 0 Å². The third kappa shape index (κ3) is 64.7. The molecule has 4 amide bonds. The second kappa shape index (κ2) is 73.0. The van der Waals surface area contributed by atoms with Crippen LogP contribution in [0, 0.1) is 0 Å². The van der Waals surface area contributed by atoms with Gasteiger partial charge in [-0.1, -0.05) is 246 Å². The van der Waals surface area contributed by atoms with E-state index >= 15 is 0 Å². The van der Waals surface area contributed by atoms with Gasteiger partial charge in [0.15, 0.2) is 0 Å². The maximum Gasteiger partial charge on any atom is 0.472 e. The van der Waals surface area contributed by atoms with Crippen LogP contribution < -0.4 is 21.3 Å². The second-order valence-electron chi connectivity index (χ2n) is 30.1. The van der Waals surface area contributed by atoms with E-state index in [-0.39, 0.29) is 88.3 Å². The first-order valence-electron chi connectivity index (χ1n) is 43.9. The van der Waals surface area contributed by atoms with Crippen LogP contribution in [0.3, 0.4) is 0 Å². The van der Waals surface area contributed by atoms with E-state index in [1.165, 1.54) is 94.9 Å². The van der Waals surface area contributed by atoms with Crippen LogP contribution in [-0.4, -0.2) is 158 Å². The number of phosphoric acid groups is 2. The third-order valence-corrected chi connectivity index (χ3v) is 21.3. The molecule has 1 aromatic rings. The molecular weight excluding hydrogens is 1470 g/mol. The molecule has 0 aromatic heterocycles. The summed E-state index contributed by atoms with van der Waals surface area (Å²) in [5, 5.41) is 32.1. The van der Waals surface area contributed by atoms with Crippen molar-refractivity contribution in [2.75, 3.05) is 65.9 Å². The number of allylic oxidation sites excluding steroid dienone is 4. The van der Waals surface area contributed by atoms with E-state index in [4.69, 9.17) is 37.0 Å². The Hall–Kier alpha value is -4.42. The number of rotatable bonds is 80. The average molecular weight is 1630 g/mol. The number of nitrogens with one attached hydrogen (secondary N) is 4. The molecule has 0 saturated carbocycles. The number of esters is 2. The van der Waals surface area contributed by atoms with E-state index in [0.29, 0.717) is 51.4 Å². The van der Waals surface area contributed by atoms with Crippen molar-refractivity contribution in [3.05, 3.63) is 59.7 Å². The standard InChI is InChI=1S/C86H156N4O20P2/c1-7-13-19-25-28-31-34-40-46-52-80(110-84(96)54-48-42-36-33-30-27-21-15-9-3)68-82(94)90-76(70-104-64-60-78(92)50-44-38-23-17-11-5)72-108-112(101,102)106-66-62-88-86(98)74-57-55-73(56-58-74)85(97)87-61-65-105-111(99,100)107-71-75(69-103-63-59-77(91)49-43-37-22-16-10-4)89-81(93)67-79(51-45-39-24-18-12-6)109-83(95)53-47-41-35-32-29-26-20-14-8-2/h32-33,35-36,55-58,75-80,91-92H,7-31,34,37-54,59-72H2,1-6H3,(H,87,97)(H,88,98)(H,89,93)(H,90,94)(H,99,100)(H,101,102)/t75?,76?,77-,78-,79-,80-/m1/s1. The molecule has 0 aliphatic carbocycles. The normalized spacial score (nSPS) is 14.4. The number of carbonyl (C=O) groups is 6. The van der Waals surface area contributed by atoms with E-state index in [2.05, 4.69) is 87.1 Å². The average Bonchev–Trinajstić information content (AvgIpc) is 0.885. The summed E-state index contributed by atoms with van der Waals surface area (Å²) in [5.74, 6) is -2.87. The number of hydrogen-bond acceptors (Lipinski definition) is 18. The van der Waals surface area contributed by atoms with E-state index in [1.54, 1.807) is 0 Å². The number of carbonyl (C=O) groups excluding carboxylic acids is 6. The Labute approximate surface area is 676 Å². The monoisotopic (exact) mass is 1630 g/mol. The highest BCUT2D eigenvalue weighted by Gasteiger charge is 2.29. The minimum atomic E-state index is -4.78. The van der Waals surface area contributed by atoms with Gasteiger partial charge in [0.25, 0.3) is 11.8 Å². The Bertz CT molecular complexity index is 2660. The highest BCUT2D eigenvalue weighted by atomic mass is 31.2. The quantitative estimate of drug-likeness (QED) is 0.0130. The number of hydrogen-bond donors (Lipinski definition) is 8. The van der Waals surface area contributed by atoms with Gasteiger partial charge < -0.3 is 60.2 Å². The zero-order chi connectivity index (χ0) is 82.2. The Kier molecular flexibility index (Phi) is 68.8. The molecule has 24 nitrogen and oxygen atoms in total. The fraction of sp³-hybridized carbons (Fsp3) is 0.814. The molecule has 1 rings (SSSR count). The van der Waals surface area contributed by atoms with Crippen molar-refractivity contribution in [1.29, 1.82) is 0 Å². The van der Waals surface area contributed by atoms with Crippen molar-refractivity contribution in [2.45, 2.75) is 386 Å². The van der Waals surface area contributed by atoms with Gasteiger partial charge in [0.05, 0.1) is 76.8 Å². The Morgan fingerprint density at radius 2 is 0.661 bits per heavy atom. The molecule has 0 aliphatic heterocycles. The summed E-state index contributed by atoms with van der Waals surface area (Å²) in [4.78, 5) is 102. The largest absolute Gasteiger partial charge is 0.472 e. The number of amides is 4. The summed E-state index contributed by atoms with van der Waals surface area (Å²) < 4.78 is 71.2. The summed E-state index contributed by atoms with van der Waals surface area (Å²) in [7, 11) is -9.56. The minimum absolute atomic E-state index is 0.129. The molecule has 0 aliphatic rings. The van der Waals surface area contributed by atoms with Crippen LogP contribution in [-0.2, 0) is 65.4 Å². The minimum Gasteiger partial charge on any atom is -0.462 e. The number of benzene rings is 1. The van der Waals surface area contributed by atoms with Crippen LogP contribution >= 0.6 is 15.6 Å². The molecule has 0 radical (unpaired) electrons. The van der Waals surface area contributed by atoms with Gasteiger partial charge in [-0.05, 0) is 127 Å². The summed E-state index contributed by atoms with van der Waals surface area (Å²) in [6.07, 6.45) is 48.8. The molecule has 0 fully saturated rings. The van der Waals surface area contributed by atoms with E-state index in [0.717, 1.165) is 161 Å². The summed E-state index contributed by atoms with van der Waals surface area (Å²) in [6, 6.07) is 3.67. The fourth-order valence-electron chi connectivity index (χ4n) is 12.6. The highest BCUT2D eigenvalue weighted by molar-refractivity contribution is 7.47. The van der Waals surface area contributed by atoms with Crippen LogP contribution in [0.4, 0.5) is 0 Å². The molecule has 650 valence electrons. The van der Waals surface area contributed by atoms with Crippen LogP contribution in [0.1, 0.15) is 370 Å². The van der Waals surface area contributed by atoms with Gasteiger partial charge in [-0.15, -0.1) is 0 Å². The van der Waals surface area contributed by atoms with Crippen molar-refractivity contribution < 1.29 is 94.9 Å². The topological polar surface area (TPSA) is 339 Å². The maximum absolute atomic E-state index is 13.8. The Morgan fingerprint density at radius 1 is 0.366 bits per heavy atom. The van der Waals surface area contributed by atoms with Gasteiger partial charge in [0.1, 0.15) is 12.2 Å². The lowest BCUT2D eigenvalue weighted by atomic mass is 10.0. The van der Waals surface area contributed by atoms with Crippen LogP contribution in [0.15, 0.2) is 48.6 Å². The van der Waals surface area contributed by atoms with Gasteiger partial charge in [-0.25, -0.2) is 9.13 Å². The lowest BCUT2D eigenvalue weighted by Gasteiger charge is -2.23. The lowest BCUT2D eigenvalue weighted by Crippen LogP contribution is -2.43. The SMILES string of the molecule is CCCCCCC=CCCCC(=O)O[C@H](CCCCCCC)CC(=O)NC(COCC[C@H](O)CCCCCCC)COP(=O)(O)OCCNC(=O)c1ccc(C(=O)NCCOP(=O)(O)OCC(COCC[C@H](O)CCCCCCC)NC(=O)C[C@@H](CCCCCCCCCCC)OC(=O)CCCC=CCCCCCC)cc1. The molecule has 0 bridgehead atoms. The number of phosphoric ester groups is 2. The zero-order valence-corrected chi connectivity index (χ0v) is 72.1. The van der Waals surface area contributed by atoms with Gasteiger partial charge in [-0.3, -0.25) is 46.9 Å². The highest BCUT2D eigenvalue weighted by Crippen LogP contribution is 2.44. The van der Waals surface area contributed by atoms with E-state index in [9.17, 15) is 57.9 Å². The molecule has 8 N–H and O–H groups in total. The number of unbranched alkanes of at least 4 members (excludes halogenated alkanes) is 30. The third-order valence-electron chi connectivity index (χ3n) is 19.4. The van der Waals surface area contributed by atoms with E-state index < -0.39 is 102 Å². The molecule has 0 saturated heterocycles. The number of aliphatic hydroxyl groups excluding tert-OH is 2. The molecular formula is C86H156N4O20P2. The molecule has 4 unspecified atom stereocenters. The number of aliphatic hydroxyl groups is 2. The predicted octanol–water partition coefficient (Wildman–Crippen LogP) is 18.9. The first-order chi connectivity index (χ1) is 54.2. The van der Waals surface area contributed by atoms with Crippen molar-refractivity contribution >= 4 is 51.2 Å². The lowest BCUT2D eigenvalue weighted by molar-refractivity contribution is -0.152. The Morgan fingerprint density at radius 3 is 0.991 bits per heavy atom. The van der Waals surface area contributed by atoms with Gasteiger partial charge in [0.2, 0.25) is 11.8 Å². The molecule has 8 atom stereocenters. The smallest absolute Gasteiger partial charge is 0.462 e. The van der Waals surface area contributed by atoms with Crippen molar-refractivity contribution in [2.24, 2.45) is 0 Å². The van der Waals surface area contributed by atoms with Gasteiger partial charge >= 0.3 is 27.6 Å². The van der Waals surface area contributed by atoms with E-state index in [1.807, 2.05) is 0 Å². The molecule has 112 heavy (non-hydrogen) atoms. The predicted molar refractivity (Wildman–Crippen MR) is 446 cm³/mol. The van der Waals surface area contributed by atoms with Crippen LogP contribution in [0.2, 0.25) is 0 Å². The molecule has 1 aromatic carbocycles. The molecule has 0 spiro atoms. The fourth-order valence-corrected chi connectivity index (χ4v) is 14.1. The number of ether oxygens (including phenoxy) is 4. The Balaban J connectivity index is 2.97. The van der Waals surface area contributed by atoms with Crippen molar-refractivity contribution in [3.63, 3.8) is 0 Å². The summed E-state index contributed by atoms with van der Waals surface area (Å²) in [5.41, 5.74) is 0.288. The van der Waals surface area contributed by atoms with Gasteiger partial charge in [0, 0.05) is 50.3 Å². The maximum atomic E-state index is 13.8. The zero-order valence-electron chi connectivity index (χ0n) is 70.3. The van der Waals surface area contributed by atoms with Crippen LogP contribution in [0.5, 0.6) is 0 Å². The summed E-state index contributed by atoms with van der Waals surface area (Å²) in [6.45, 7) is 10.7.